The molecule has 2 aromatic carbocycles. The lowest BCUT2D eigenvalue weighted by molar-refractivity contribution is -0.134. The molecule has 1 fully saturated rings. The van der Waals surface area contributed by atoms with Crippen LogP contribution in [0.4, 0.5) is 0 Å². The number of aliphatic imine (C=N–C) groups is 1. The molecule has 1 unspecified atom stereocenters. The highest BCUT2D eigenvalue weighted by molar-refractivity contribution is 6.47. The van der Waals surface area contributed by atoms with E-state index in [4.69, 9.17) is 39.8 Å². The molecule has 6 N–H and O–H groups in total. The first kappa shape index (κ1) is 37.5. The van der Waals surface area contributed by atoms with Crippen LogP contribution in [0.1, 0.15) is 108 Å². The van der Waals surface area contributed by atoms with Crippen molar-refractivity contribution in [3.8, 4) is 0 Å². The van der Waals surface area contributed by atoms with E-state index in [1.807, 2.05) is 24.3 Å². The normalized spacial score (nSPS) is 21.0. The summed E-state index contributed by atoms with van der Waals surface area (Å²) < 4.78 is 0. The number of hydrazone groups is 1. The maximum Gasteiger partial charge on any atom is 0.275 e. The van der Waals surface area contributed by atoms with Crippen molar-refractivity contribution in [3.05, 3.63) is 69.2 Å². The zero-order chi connectivity index (χ0) is 34.3. The van der Waals surface area contributed by atoms with Crippen LogP contribution in [0, 0.1) is 16.7 Å². The molecule has 0 bridgehead atoms. The van der Waals surface area contributed by atoms with E-state index in [2.05, 4.69) is 62.4 Å². The number of likely N-dealkylation sites (N-methyl/N-ethyl adjacent to an activating group) is 1. The van der Waals surface area contributed by atoms with Crippen LogP contribution in [0.25, 0.3) is 0 Å². The zero-order valence-corrected chi connectivity index (χ0v) is 29.8. The number of nitrogens with two attached hydrogens (primary N) is 2. The molecule has 2 aromatic rings. The van der Waals surface area contributed by atoms with E-state index in [1.165, 1.54) is 0 Å². The molecule has 1 saturated carbocycles. The second-order valence-electron chi connectivity index (χ2n) is 14.6. The SMILES string of the molecule is CC(C)(C)CCC(c1ccc(C=O)cc1)N1C(=O)C(c2cc(Cl)cc(Cl)c2)=NC12CCC(C(C)(C)C)CC2.CNC/C(N)=N/NN. The number of halogens is 2. The molecule has 1 aliphatic heterocycles. The fourth-order valence-electron chi connectivity index (χ4n) is 6.34. The summed E-state index contributed by atoms with van der Waals surface area (Å²) in [6.07, 6.45) is 6.25. The third-order valence-corrected chi connectivity index (χ3v) is 9.28. The van der Waals surface area contributed by atoms with Gasteiger partial charge in [-0.3, -0.25) is 14.6 Å². The van der Waals surface area contributed by atoms with Crippen molar-refractivity contribution in [2.75, 3.05) is 13.6 Å². The average Bonchev–Trinajstić information content (AvgIpc) is 3.24. The van der Waals surface area contributed by atoms with Gasteiger partial charge in [-0.05, 0) is 86.1 Å². The Morgan fingerprint density at radius 1 is 1.09 bits per heavy atom. The first-order chi connectivity index (χ1) is 21.5. The number of amides is 1. The molecule has 0 saturated heterocycles. The molecule has 1 atom stereocenters. The number of carbonyl (C=O) groups is 2. The third kappa shape index (κ3) is 9.77. The van der Waals surface area contributed by atoms with Gasteiger partial charge in [0.2, 0.25) is 0 Å². The maximum atomic E-state index is 14.4. The predicted molar refractivity (Wildman–Crippen MR) is 190 cm³/mol. The molecule has 1 aliphatic carbocycles. The molecule has 9 nitrogen and oxygen atoms in total. The maximum absolute atomic E-state index is 14.4. The molecule has 4 rings (SSSR count). The number of carbonyl (C=O) groups excluding carboxylic acids is 2. The van der Waals surface area contributed by atoms with E-state index >= 15 is 0 Å². The first-order valence-electron chi connectivity index (χ1n) is 15.9. The van der Waals surface area contributed by atoms with Gasteiger partial charge in [0.05, 0.1) is 12.6 Å². The number of hydrazine groups is 1. The highest BCUT2D eigenvalue weighted by Gasteiger charge is 2.52. The number of amidine groups is 1. The Hall–Kier alpha value is -2.98. The summed E-state index contributed by atoms with van der Waals surface area (Å²) in [5, 5.41) is 7.25. The molecule has 0 radical (unpaired) electrons. The predicted octanol–water partition coefficient (Wildman–Crippen LogP) is 6.88. The van der Waals surface area contributed by atoms with Crippen molar-refractivity contribution in [3.63, 3.8) is 0 Å². The smallest absolute Gasteiger partial charge is 0.275 e. The van der Waals surface area contributed by atoms with Gasteiger partial charge < -0.3 is 16.0 Å². The second kappa shape index (κ2) is 15.7. The number of nitrogens with one attached hydrogen (secondary N) is 2. The summed E-state index contributed by atoms with van der Waals surface area (Å²) >= 11 is 12.7. The Morgan fingerprint density at radius 3 is 2.15 bits per heavy atom. The van der Waals surface area contributed by atoms with Crippen molar-refractivity contribution in [1.29, 1.82) is 0 Å². The number of rotatable bonds is 9. The van der Waals surface area contributed by atoms with E-state index in [0.717, 1.165) is 50.4 Å². The van der Waals surface area contributed by atoms with Gasteiger partial charge >= 0.3 is 0 Å². The number of benzene rings is 2. The van der Waals surface area contributed by atoms with Crippen molar-refractivity contribution >= 4 is 46.9 Å². The Balaban J connectivity index is 0.000000637. The summed E-state index contributed by atoms with van der Waals surface area (Å²) in [5.41, 5.74) is 9.77. The van der Waals surface area contributed by atoms with Crippen molar-refractivity contribution in [2.24, 2.45) is 38.4 Å². The summed E-state index contributed by atoms with van der Waals surface area (Å²) in [5.74, 6) is 5.75. The van der Waals surface area contributed by atoms with E-state index in [0.29, 0.717) is 45.2 Å². The van der Waals surface area contributed by atoms with Crippen LogP contribution in [0.5, 0.6) is 0 Å². The fourth-order valence-corrected chi connectivity index (χ4v) is 6.86. The van der Waals surface area contributed by atoms with Crippen LogP contribution in [-0.4, -0.2) is 47.9 Å². The second-order valence-corrected chi connectivity index (χ2v) is 15.5. The van der Waals surface area contributed by atoms with Gasteiger partial charge in [-0.2, -0.15) is 5.10 Å². The monoisotopic (exact) mass is 671 g/mol. The van der Waals surface area contributed by atoms with E-state index < -0.39 is 5.66 Å². The van der Waals surface area contributed by atoms with Crippen LogP contribution < -0.4 is 22.4 Å². The first-order valence-corrected chi connectivity index (χ1v) is 16.7. The van der Waals surface area contributed by atoms with Crippen LogP contribution in [0.2, 0.25) is 10.0 Å². The lowest BCUT2D eigenvalue weighted by atomic mass is 9.69. The Labute approximate surface area is 284 Å². The van der Waals surface area contributed by atoms with Crippen LogP contribution in [0.15, 0.2) is 52.6 Å². The minimum absolute atomic E-state index is 0.0732. The minimum atomic E-state index is -0.616. The zero-order valence-electron chi connectivity index (χ0n) is 28.3. The molecular formula is C35H51Cl2N7O2. The van der Waals surface area contributed by atoms with Gasteiger partial charge in [-0.25, -0.2) is 11.4 Å². The summed E-state index contributed by atoms with van der Waals surface area (Å²) in [4.78, 5) is 33.1. The Morgan fingerprint density at radius 2 is 1.67 bits per heavy atom. The molecule has 46 heavy (non-hydrogen) atoms. The van der Waals surface area contributed by atoms with Gasteiger partial charge in [0.1, 0.15) is 23.5 Å². The number of nitrogens with zero attached hydrogens (tertiary/aromatic N) is 3. The molecule has 2 aliphatic rings. The number of aldehydes is 1. The molecular weight excluding hydrogens is 621 g/mol. The molecule has 252 valence electrons. The topological polar surface area (TPSA) is 138 Å². The Kier molecular flexibility index (Phi) is 12.8. The Bertz CT molecular complexity index is 1380. The molecule has 1 heterocycles. The lowest BCUT2D eigenvalue weighted by Crippen LogP contribution is -2.51. The lowest BCUT2D eigenvalue weighted by Gasteiger charge is -2.47. The number of hydrogen-bond acceptors (Lipinski definition) is 7. The quantitative estimate of drug-likeness (QED) is 0.0754. The number of hydrogen-bond donors (Lipinski definition) is 4. The summed E-state index contributed by atoms with van der Waals surface area (Å²) in [6.45, 7) is 14.1. The average molecular weight is 673 g/mol. The van der Waals surface area contributed by atoms with E-state index in [9.17, 15) is 9.59 Å². The summed E-state index contributed by atoms with van der Waals surface area (Å²) in [6, 6.07) is 12.7. The fraction of sp³-hybridized carbons (Fsp3) is 0.543. The van der Waals surface area contributed by atoms with E-state index in [1.54, 1.807) is 25.2 Å². The van der Waals surface area contributed by atoms with Gasteiger partial charge in [0.25, 0.3) is 5.91 Å². The molecule has 0 aromatic heterocycles. The van der Waals surface area contributed by atoms with Crippen LogP contribution in [0.3, 0.4) is 0 Å². The molecule has 11 heteroatoms. The highest BCUT2D eigenvalue weighted by atomic mass is 35.5. The highest BCUT2D eigenvalue weighted by Crippen LogP contribution is 2.50. The van der Waals surface area contributed by atoms with E-state index in [-0.39, 0.29) is 22.8 Å². The molecule has 1 spiro atoms. The standard InChI is InChI=1S/C32H40Cl2N2O2.C3H11N5/c1-30(2,3)14-13-27(22-9-7-21(20-37)8-10-22)36-29(38)28(23-17-25(33)19-26(34)18-23)35-32(36)15-11-24(12-16-32)31(4,5)6;1-6-2-3(4)7-8-5/h7-10,17-20,24,27H,11-16H2,1-6H3;6,8H,2,5H2,1H3,(H2,4,7). The van der Waals surface area contributed by atoms with Crippen molar-refractivity contribution in [1.82, 2.24) is 15.8 Å². The van der Waals surface area contributed by atoms with Crippen LogP contribution >= 0.6 is 23.2 Å². The van der Waals surface area contributed by atoms with Crippen molar-refractivity contribution in [2.45, 2.75) is 91.8 Å². The van der Waals surface area contributed by atoms with Gasteiger partial charge in [-0.15, -0.1) is 0 Å². The molecule has 1 amide bonds. The van der Waals surface area contributed by atoms with Crippen molar-refractivity contribution < 1.29 is 9.59 Å². The van der Waals surface area contributed by atoms with Crippen LogP contribution in [-0.2, 0) is 4.79 Å². The summed E-state index contributed by atoms with van der Waals surface area (Å²) in [7, 11) is 1.78. The van der Waals surface area contributed by atoms with Gasteiger partial charge in [0.15, 0.2) is 0 Å². The third-order valence-electron chi connectivity index (χ3n) is 8.84. The minimum Gasteiger partial charge on any atom is -0.385 e. The van der Waals surface area contributed by atoms with Gasteiger partial charge in [-0.1, -0.05) is 89.0 Å². The van der Waals surface area contributed by atoms with Gasteiger partial charge in [0, 0.05) is 21.2 Å². The largest absolute Gasteiger partial charge is 0.385 e.